The van der Waals surface area contributed by atoms with Crippen LogP contribution in [0.3, 0.4) is 0 Å². The number of allylic oxidation sites excluding steroid dienone is 4. The van der Waals surface area contributed by atoms with Crippen molar-refractivity contribution in [2.45, 2.75) is 50.5 Å². The molecule has 3 atom stereocenters. The van der Waals surface area contributed by atoms with E-state index in [2.05, 4.69) is 20.6 Å². The predicted molar refractivity (Wildman–Crippen MR) is 111 cm³/mol. The number of hydrogen-bond acceptors (Lipinski definition) is 6. The van der Waals surface area contributed by atoms with Gasteiger partial charge in [0.25, 0.3) is 5.56 Å². The number of piperidine rings is 1. The van der Waals surface area contributed by atoms with E-state index >= 15 is 4.39 Å². The minimum atomic E-state index is -2.98. The molecule has 0 bridgehead atoms. The fourth-order valence-corrected chi connectivity index (χ4v) is 4.03. The summed E-state index contributed by atoms with van der Waals surface area (Å²) in [5, 5.41) is 16.3. The summed E-state index contributed by atoms with van der Waals surface area (Å²) in [5.74, 6) is -2.59. The van der Waals surface area contributed by atoms with Crippen molar-refractivity contribution in [3.8, 4) is 0 Å². The molecule has 4 rings (SSSR count). The highest BCUT2D eigenvalue weighted by Crippen LogP contribution is 2.41. The van der Waals surface area contributed by atoms with Crippen molar-refractivity contribution in [3.05, 3.63) is 52.0 Å². The quantitative estimate of drug-likeness (QED) is 0.640. The lowest BCUT2D eigenvalue weighted by Gasteiger charge is -2.28. The van der Waals surface area contributed by atoms with Crippen LogP contribution in [0.2, 0.25) is 0 Å². The Morgan fingerprint density at radius 1 is 1.35 bits per heavy atom. The maximum atomic E-state index is 15.5. The van der Waals surface area contributed by atoms with Gasteiger partial charge in [-0.2, -0.15) is 4.98 Å². The molecule has 0 amide bonds. The third-order valence-electron chi connectivity index (χ3n) is 5.54. The highest BCUT2D eigenvalue weighted by atomic mass is 19.2. The van der Waals surface area contributed by atoms with Crippen LogP contribution in [0.1, 0.15) is 38.3 Å². The SMILES string of the molecule is CC(C)n1c(=O)c(C2(F)C=CCC(F)=C2F)cc2cnc(N[C@H]3CNC[C@@H](O)C3)nc21. The highest BCUT2D eigenvalue weighted by Gasteiger charge is 2.42. The number of alkyl halides is 1. The first-order valence-corrected chi connectivity index (χ1v) is 10.2. The second kappa shape index (κ2) is 8.08. The van der Waals surface area contributed by atoms with Gasteiger partial charge in [0.15, 0.2) is 5.83 Å². The first-order chi connectivity index (χ1) is 14.7. The maximum absolute atomic E-state index is 15.5. The Balaban J connectivity index is 1.82. The number of nitrogens with one attached hydrogen (secondary N) is 2. The van der Waals surface area contributed by atoms with E-state index in [0.29, 0.717) is 24.9 Å². The van der Waals surface area contributed by atoms with Gasteiger partial charge in [0.05, 0.1) is 11.7 Å². The molecule has 3 heterocycles. The van der Waals surface area contributed by atoms with Gasteiger partial charge in [0, 0.05) is 43.2 Å². The molecular formula is C21H24F3N5O2. The summed E-state index contributed by atoms with van der Waals surface area (Å²) in [6.45, 7) is 4.56. The Morgan fingerprint density at radius 2 is 2.13 bits per heavy atom. The molecule has 1 unspecified atom stereocenters. The Morgan fingerprint density at radius 3 is 2.84 bits per heavy atom. The second-order valence-electron chi connectivity index (χ2n) is 8.23. The summed E-state index contributed by atoms with van der Waals surface area (Å²) in [4.78, 5) is 21.8. The van der Waals surface area contributed by atoms with Gasteiger partial charge in [0.1, 0.15) is 11.5 Å². The van der Waals surface area contributed by atoms with Crippen LogP contribution in [-0.4, -0.2) is 44.9 Å². The van der Waals surface area contributed by atoms with Crippen molar-refractivity contribution in [3.63, 3.8) is 0 Å². The molecule has 7 nitrogen and oxygen atoms in total. The van der Waals surface area contributed by atoms with Crippen molar-refractivity contribution in [1.82, 2.24) is 19.9 Å². The van der Waals surface area contributed by atoms with E-state index in [9.17, 15) is 18.7 Å². The van der Waals surface area contributed by atoms with Crippen LogP contribution in [-0.2, 0) is 5.67 Å². The van der Waals surface area contributed by atoms with Crippen molar-refractivity contribution < 1.29 is 18.3 Å². The van der Waals surface area contributed by atoms with E-state index < -0.39 is 40.6 Å². The van der Waals surface area contributed by atoms with E-state index in [4.69, 9.17) is 0 Å². The largest absolute Gasteiger partial charge is 0.392 e. The molecule has 0 radical (unpaired) electrons. The predicted octanol–water partition coefficient (Wildman–Crippen LogP) is 2.78. The molecule has 1 aliphatic heterocycles. The molecule has 2 aromatic rings. The molecule has 10 heteroatoms. The number of aromatic nitrogens is 3. The van der Waals surface area contributed by atoms with Gasteiger partial charge in [-0.3, -0.25) is 9.36 Å². The zero-order valence-corrected chi connectivity index (χ0v) is 17.2. The topological polar surface area (TPSA) is 92.1 Å². The fraction of sp³-hybridized carbons (Fsp3) is 0.476. The average Bonchev–Trinajstić information content (AvgIpc) is 2.71. The van der Waals surface area contributed by atoms with E-state index in [1.807, 2.05) is 0 Å². The number of pyridine rings is 1. The van der Waals surface area contributed by atoms with Gasteiger partial charge in [0.2, 0.25) is 11.6 Å². The summed E-state index contributed by atoms with van der Waals surface area (Å²) in [6.07, 6.45) is 3.11. The first-order valence-electron chi connectivity index (χ1n) is 10.2. The molecular weight excluding hydrogens is 411 g/mol. The van der Waals surface area contributed by atoms with Crippen LogP contribution in [0.15, 0.2) is 40.9 Å². The molecule has 0 aromatic carbocycles. The summed E-state index contributed by atoms with van der Waals surface area (Å²) < 4.78 is 45.1. The zero-order chi connectivity index (χ0) is 22.3. The van der Waals surface area contributed by atoms with Crippen molar-refractivity contribution in [2.75, 3.05) is 18.4 Å². The molecule has 1 aliphatic carbocycles. The van der Waals surface area contributed by atoms with Crippen LogP contribution >= 0.6 is 0 Å². The van der Waals surface area contributed by atoms with Crippen molar-refractivity contribution in [2.24, 2.45) is 0 Å². The van der Waals surface area contributed by atoms with Crippen LogP contribution in [0, 0.1) is 0 Å². The number of nitrogens with zero attached hydrogens (tertiary/aromatic N) is 3. The van der Waals surface area contributed by atoms with Gasteiger partial charge < -0.3 is 15.7 Å². The third kappa shape index (κ3) is 3.85. The number of halogens is 3. The standard InChI is InChI=1S/C21H24F3N5O2/c1-11(2)29-18-12(8-26-20(28-18)27-13-7-14(30)10-25-9-13)6-15(19(29)31)21(24)5-3-4-16(22)17(21)23/h3,5-6,8,11,13-14,25,30H,4,7,9-10H2,1-2H3,(H,26,27,28)/t13-,14+,21?/m1/s1. The van der Waals surface area contributed by atoms with Crippen LogP contribution in [0.25, 0.3) is 11.0 Å². The number of rotatable bonds is 4. The zero-order valence-electron chi connectivity index (χ0n) is 17.2. The monoisotopic (exact) mass is 435 g/mol. The number of aliphatic hydroxyl groups is 1. The van der Waals surface area contributed by atoms with E-state index in [1.54, 1.807) is 13.8 Å². The van der Waals surface area contributed by atoms with E-state index in [0.717, 1.165) is 12.2 Å². The van der Waals surface area contributed by atoms with Crippen molar-refractivity contribution in [1.29, 1.82) is 0 Å². The Hall–Kier alpha value is -2.72. The Bertz CT molecular complexity index is 1130. The molecule has 2 aromatic heterocycles. The highest BCUT2D eigenvalue weighted by molar-refractivity contribution is 5.77. The minimum Gasteiger partial charge on any atom is -0.392 e. The van der Waals surface area contributed by atoms with E-state index in [-0.39, 0.29) is 24.1 Å². The van der Waals surface area contributed by atoms with Crippen molar-refractivity contribution >= 4 is 17.0 Å². The summed E-state index contributed by atoms with van der Waals surface area (Å²) in [6, 6.07) is 0.640. The lowest BCUT2D eigenvalue weighted by molar-refractivity contribution is 0.136. The maximum Gasteiger partial charge on any atom is 0.259 e. The lowest BCUT2D eigenvalue weighted by Crippen LogP contribution is -2.46. The molecule has 1 saturated heterocycles. The van der Waals surface area contributed by atoms with E-state index in [1.165, 1.54) is 16.8 Å². The molecule has 1 fully saturated rings. The third-order valence-corrected chi connectivity index (χ3v) is 5.54. The molecule has 2 aliphatic rings. The van der Waals surface area contributed by atoms with Crippen LogP contribution in [0.5, 0.6) is 0 Å². The van der Waals surface area contributed by atoms with Gasteiger partial charge in [-0.25, -0.2) is 18.2 Å². The fourth-order valence-electron chi connectivity index (χ4n) is 4.03. The molecule has 0 saturated carbocycles. The number of β-amino-alcohol motifs (C(OH)–C–C–N with tert-alkyl or cyclic N) is 1. The Labute approximate surface area is 176 Å². The normalized spacial score (nSPS) is 26.7. The van der Waals surface area contributed by atoms with Crippen LogP contribution < -0.4 is 16.2 Å². The lowest BCUT2D eigenvalue weighted by atomic mass is 9.90. The summed E-state index contributed by atoms with van der Waals surface area (Å²) in [5.41, 5.74) is -4.05. The first kappa shape index (κ1) is 21.5. The molecule has 31 heavy (non-hydrogen) atoms. The summed E-state index contributed by atoms with van der Waals surface area (Å²) >= 11 is 0. The number of fused-ring (bicyclic) bond motifs is 1. The smallest absolute Gasteiger partial charge is 0.259 e. The van der Waals surface area contributed by atoms with Gasteiger partial charge in [-0.1, -0.05) is 6.08 Å². The number of anilines is 1. The summed E-state index contributed by atoms with van der Waals surface area (Å²) in [7, 11) is 0. The second-order valence-corrected chi connectivity index (χ2v) is 8.23. The van der Waals surface area contributed by atoms with Gasteiger partial charge in [-0.15, -0.1) is 0 Å². The minimum absolute atomic E-state index is 0.108. The number of aliphatic hydroxyl groups excluding tert-OH is 1. The van der Waals surface area contributed by atoms with Crippen LogP contribution in [0.4, 0.5) is 19.1 Å². The average molecular weight is 435 g/mol. The molecule has 0 spiro atoms. The van der Waals surface area contributed by atoms with Gasteiger partial charge >= 0.3 is 0 Å². The molecule has 166 valence electrons. The number of hydrogen-bond donors (Lipinski definition) is 3. The molecule has 3 N–H and O–H groups in total. The van der Waals surface area contributed by atoms with Gasteiger partial charge in [-0.05, 0) is 32.4 Å². The Kier molecular flexibility index (Phi) is 5.61.